The van der Waals surface area contributed by atoms with E-state index < -0.39 is 0 Å². The number of nitrogens with zero attached hydrogens (tertiary/aromatic N) is 3. The number of aryl methyl sites for hydroxylation is 2. The second-order valence-electron chi connectivity index (χ2n) is 9.00. The number of thiophene rings is 1. The Morgan fingerprint density at radius 1 is 1.22 bits per heavy atom. The molecule has 1 aromatic carbocycles. The Labute approximate surface area is 196 Å². The molecule has 7 heteroatoms. The minimum atomic E-state index is 0.0640. The van der Waals surface area contributed by atoms with Gasteiger partial charge in [0.1, 0.15) is 4.83 Å². The Balaban J connectivity index is 1.49. The van der Waals surface area contributed by atoms with Crippen molar-refractivity contribution in [3.8, 4) is 0 Å². The van der Waals surface area contributed by atoms with Crippen LogP contribution in [0.5, 0.6) is 0 Å². The zero-order chi connectivity index (χ0) is 22.1. The lowest BCUT2D eigenvalue weighted by molar-refractivity contribution is -0.127. The lowest BCUT2D eigenvalue weighted by Crippen LogP contribution is -2.30. The highest BCUT2D eigenvalue weighted by Gasteiger charge is 2.25. The van der Waals surface area contributed by atoms with Crippen LogP contribution in [-0.2, 0) is 30.6 Å². The zero-order valence-corrected chi connectivity index (χ0v) is 20.1. The Morgan fingerprint density at radius 3 is 2.78 bits per heavy atom. The molecule has 168 valence electrons. The van der Waals surface area contributed by atoms with E-state index >= 15 is 0 Å². The minimum absolute atomic E-state index is 0.0640. The molecule has 32 heavy (non-hydrogen) atoms. The second-order valence-corrected chi connectivity index (χ2v) is 11.0. The third kappa shape index (κ3) is 4.37. The normalized spacial score (nSPS) is 18.3. The highest BCUT2D eigenvalue weighted by Crippen LogP contribution is 2.36. The first-order valence-electron chi connectivity index (χ1n) is 11.6. The Bertz CT molecular complexity index is 1180. The van der Waals surface area contributed by atoms with Crippen LogP contribution in [0.15, 0.2) is 40.3 Å². The van der Waals surface area contributed by atoms with E-state index in [0.29, 0.717) is 23.4 Å². The largest absolute Gasteiger partial charge is 0.342 e. The number of hydrogen-bond acceptors (Lipinski definition) is 5. The topological polar surface area (TPSA) is 55.2 Å². The summed E-state index contributed by atoms with van der Waals surface area (Å²) in [5.74, 6) is 1.14. The molecule has 3 heterocycles. The molecule has 1 aliphatic carbocycles. The summed E-state index contributed by atoms with van der Waals surface area (Å²) in [5, 5.41) is 1.50. The monoisotopic (exact) mass is 467 g/mol. The molecule has 5 nitrogen and oxygen atoms in total. The fourth-order valence-corrected chi connectivity index (χ4v) is 7.13. The van der Waals surface area contributed by atoms with Gasteiger partial charge in [-0.05, 0) is 55.6 Å². The predicted octanol–water partition coefficient (Wildman–Crippen LogP) is 4.54. The van der Waals surface area contributed by atoms with Gasteiger partial charge < -0.3 is 4.90 Å². The highest BCUT2D eigenvalue weighted by molar-refractivity contribution is 7.99. The van der Waals surface area contributed by atoms with Crippen LogP contribution in [0.2, 0.25) is 0 Å². The van der Waals surface area contributed by atoms with Gasteiger partial charge in [0.05, 0.1) is 11.1 Å². The number of benzene rings is 1. The summed E-state index contributed by atoms with van der Waals surface area (Å²) in [7, 11) is 0. The summed E-state index contributed by atoms with van der Waals surface area (Å²) in [6, 6.07) is 10.2. The van der Waals surface area contributed by atoms with E-state index in [-0.39, 0.29) is 11.5 Å². The van der Waals surface area contributed by atoms with Gasteiger partial charge in [-0.15, -0.1) is 11.3 Å². The van der Waals surface area contributed by atoms with Gasteiger partial charge in [0.25, 0.3) is 5.56 Å². The molecule has 1 aliphatic heterocycles. The number of likely N-dealkylation sites (tertiary alicyclic amines) is 1. The molecule has 2 aromatic heterocycles. The van der Waals surface area contributed by atoms with E-state index in [9.17, 15) is 9.59 Å². The predicted molar refractivity (Wildman–Crippen MR) is 132 cm³/mol. The minimum Gasteiger partial charge on any atom is -0.342 e. The van der Waals surface area contributed by atoms with Crippen molar-refractivity contribution in [1.82, 2.24) is 14.5 Å². The number of thioether (sulfide) groups is 1. The quantitative estimate of drug-likeness (QED) is 0.395. The molecule has 1 amide bonds. The average Bonchev–Trinajstić information content (AvgIpc) is 3.45. The maximum Gasteiger partial charge on any atom is 0.263 e. The first-order chi connectivity index (χ1) is 15.6. The summed E-state index contributed by atoms with van der Waals surface area (Å²) < 4.78 is 1.82. The van der Waals surface area contributed by atoms with Crippen molar-refractivity contribution in [2.24, 2.45) is 5.92 Å². The van der Waals surface area contributed by atoms with Gasteiger partial charge in [-0.3, -0.25) is 14.2 Å². The summed E-state index contributed by atoms with van der Waals surface area (Å²) in [6.07, 6.45) is 6.07. The van der Waals surface area contributed by atoms with E-state index in [0.717, 1.165) is 61.8 Å². The molecule has 2 aliphatic rings. The molecule has 1 saturated heterocycles. The number of hydrogen-bond donors (Lipinski definition) is 0. The van der Waals surface area contributed by atoms with E-state index in [1.165, 1.54) is 27.8 Å². The van der Waals surface area contributed by atoms with Crippen molar-refractivity contribution in [2.45, 2.75) is 57.1 Å². The zero-order valence-electron chi connectivity index (χ0n) is 18.5. The summed E-state index contributed by atoms with van der Waals surface area (Å²) in [4.78, 5) is 35.4. The molecule has 5 rings (SSSR count). The molecule has 1 atom stereocenters. The van der Waals surface area contributed by atoms with E-state index in [4.69, 9.17) is 4.98 Å². The highest BCUT2D eigenvalue weighted by atomic mass is 32.2. The third-order valence-electron chi connectivity index (χ3n) is 6.63. The van der Waals surface area contributed by atoms with Crippen molar-refractivity contribution < 1.29 is 4.79 Å². The number of carbonyl (C=O) groups excluding carboxylic acids is 1. The summed E-state index contributed by atoms with van der Waals surface area (Å²) >= 11 is 3.10. The number of rotatable bonds is 6. The molecule has 1 fully saturated rings. The lowest BCUT2D eigenvalue weighted by atomic mass is 9.89. The van der Waals surface area contributed by atoms with Gasteiger partial charge in [0, 0.05) is 24.5 Å². The molecule has 0 saturated carbocycles. The molecular weight excluding hydrogens is 438 g/mol. The van der Waals surface area contributed by atoms with Crippen LogP contribution >= 0.6 is 23.1 Å². The van der Waals surface area contributed by atoms with E-state index in [2.05, 4.69) is 19.1 Å². The second kappa shape index (κ2) is 9.40. The van der Waals surface area contributed by atoms with E-state index in [1.54, 1.807) is 11.3 Å². The van der Waals surface area contributed by atoms with Crippen LogP contribution in [0.25, 0.3) is 10.2 Å². The molecule has 1 unspecified atom stereocenters. The molecule has 0 N–H and O–H groups in total. The summed E-state index contributed by atoms with van der Waals surface area (Å²) in [6.45, 7) is 4.56. The third-order valence-corrected chi connectivity index (χ3v) is 8.74. The van der Waals surface area contributed by atoms with Gasteiger partial charge in [-0.25, -0.2) is 4.98 Å². The maximum absolute atomic E-state index is 13.7. The number of carbonyl (C=O) groups is 1. The van der Waals surface area contributed by atoms with Crippen molar-refractivity contribution in [2.75, 3.05) is 18.8 Å². The lowest BCUT2D eigenvalue weighted by Gasteiger charge is -2.18. The molecule has 3 aromatic rings. The van der Waals surface area contributed by atoms with Crippen LogP contribution in [-0.4, -0.2) is 39.2 Å². The average molecular weight is 468 g/mol. The molecular formula is C25H29N3O2S2. The standard InChI is InChI=1S/C25H29N3O2S2/c1-17-9-10-19-20(15-17)32-23-22(19)24(30)28(14-11-18-7-3-2-4-8-18)25(26-23)31-16-21(29)27-12-5-6-13-27/h2-4,7-8,17H,5-6,9-16H2,1H3. The van der Waals surface area contributed by atoms with Crippen molar-refractivity contribution >= 4 is 39.2 Å². The fourth-order valence-electron chi connectivity index (χ4n) is 4.78. The maximum atomic E-state index is 13.7. The van der Waals surface area contributed by atoms with Gasteiger partial charge in [-0.1, -0.05) is 49.0 Å². The first kappa shape index (κ1) is 21.7. The molecule has 0 radical (unpaired) electrons. The summed E-state index contributed by atoms with van der Waals surface area (Å²) in [5.41, 5.74) is 2.48. The van der Waals surface area contributed by atoms with Gasteiger partial charge in [0.2, 0.25) is 5.91 Å². The van der Waals surface area contributed by atoms with Crippen LogP contribution < -0.4 is 5.56 Å². The first-order valence-corrected chi connectivity index (χ1v) is 13.4. The smallest absolute Gasteiger partial charge is 0.263 e. The Kier molecular flexibility index (Phi) is 6.37. The van der Waals surface area contributed by atoms with Gasteiger partial charge in [0.15, 0.2) is 5.16 Å². The van der Waals surface area contributed by atoms with E-state index in [1.807, 2.05) is 27.7 Å². The van der Waals surface area contributed by atoms with Crippen LogP contribution in [0.1, 0.15) is 42.2 Å². The van der Waals surface area contributed by atoms with Crippen LogP contribution in [0.4, 0.5) is 0 Å². The van der Waals surface area contributed by atoms with Crippen LogP contribution in [0, 0.1) is 5.92 Å². The Morgan fingerprint density at radius 2 is 2.00 bits per heavy atom. The molecule has 0 spiro atoms. The Hall–Kier alpha value is -2.12. The van der Waals surface area contributed by atoms with Crippen LogP contribution in [0.3, 0.4) is 0 Å². The number of amides is 1. The number of aromatic nitrogens is 2. The van der Waals surface area contributed by atoms with Crippen molar-refractivity contribution in [3.05, 3.63) is 56.7 Å². The number of fused-ring (bicyclic) bond motifs is 3. The molecule has 0 bridgehead atoms. The van der Waals surface area contributed by atoms with Crippen molar-refractivity contribution in [1.29, 1.82) is 0 Å². The van der Waals surface area contributed by atoms with Gasteiger partial charge >= 0.3 is 0 Å². The SMILES string of the molecule is CC1CCc2c(sc3nc(SCC(=O)N4CCCC4)n(CCc4ccccc4)c(=O)c23)C1. The van der Waals surface area contributed by atoms with Gasteiger partial charge in [-0.2, -0.15) is 0 Å². The van der Waals surface area contributed by atoms with Crippen molar-refractivity contribution in [3.63, 3.8) is 0 Å². The fraction of sp³-hybridized carbons (Fsp3) is 0.480.